The normalized spacial score (nSPS) is 17.0. The molecule has 1 amide bonds. The van der Waals surface area contributed by atoms with Crippen LogP contribution in [0.5, 0.6) is 0 Å². The van der Waals surface area contributed by atoms with Gasteiger partial charge in [-0.05, 0) is 19.8 Å². The fraction of sp³-hybridized carbons (Fsp3) is 0.750. The van der Waals surface area contributed by atoms with E-state index in [1.807, 2.05) is 20.2 Å². The zero-order valence-electron chi connectivity index (χ0n) is 14.0. The maximum atomic E-state index is 11.7. The minimum Gasteiger partial charge on any atom is -0.450 e. The molecule has 0 unspecified atom stereocenters. The highest BCUT2D eigenvalue weighted by Crippen LogP contribution is 2.20. The highest BCUT2D eigenvalue weighted by atomic mass is 16.6. The third kappa shape index (κ3) is 4.22. The molecule has 124 valence electrons. The molecule has 0 bridgehead atoms. The van der Waals surface area contributed by atoms with Gasteiger partial charge in [0.25, 0.3) is 0 Å². The molecular weight excluding hydrogens is 282 g/mol. The number of carbonyl (C=O) groups excluding carboxylic acids is 1. The van der Waals surface area contributed by atoms with Crippen LogP contribution in [0, 0.1) is 0 Å². The van der Waals surface area contributed by atoms with Gasteiger partial charge in [-0.15, -0.1) is 0 Å². The van der Waals surface area contributed by atoms with E-state index in [0.717, 1.165) is 44.1 Å². The van der Waals surface area contributed by atoms with Gasteiger partial charge in [0, 0.05) is 32.1 Å². The summed E-state index contributed by atoms with van der Waals surface area (Å²) in [5, 5.41) is 0. The molecule has 1 aliphatic heterocycles. The first-order chi connectivity index (χ1) is 10.5. The number of oxazole rings is 1. The Balaban J connectivity index is 1.80. The van der Waals surface area contributed by atoms with Crippen LogP contribution in [0.1, 0.15) is 51.2 Å². The second-order valence-corrected chi connectivity index (χ2v) is 6.13. The molecule has 0 N–H and O–H groups in total. The Bertz CT molecular complexity index is 479. The zero-order chi connectivity index (χ0) is 16.1. The van der Waals surface area contributed by atoms with Crippen LogP contribution in [0.25, 0.3) is 0 Å². The molecule has 1 aliphatic rings. The number of rotatable bonds is 5. The third-order valence-corrected chi connectivity index (χ3v) is 4.16. The largest absolute Gasteiger partial charge is 0.450 e. The smallest absolute Gasteiger partial charge is 0.409 e. The quantitative estimate of drug-likeness (QED) is 0.837. The fourth-order valence-electron chi connectivity index (χ4n) is 2.69. The summed E-state index contributed by atoms with van der Waals surface area (Å²) in [6.45, 7) is 9.06. The van der Waals surface area contributed by atoms with Crippen molar-refractivity contribution < 1.29 is 13.9 Å². The van der Waals surface area contributed by atoms with Crippen molar-refractivity contribution in [1.29, 1.82) is 0 Å². The molecule has 2 heterocycles. The molecule has 0 aliphatic carbocycles. The molecule has 0 spiro atoms. The second kappa shape index (κ2) is 7.63. The maximum absolute atomic E-state index is 11.7. The van der Waals surface area contributed by atoms with Gasteiger partial charge in [0.05, 0.1) is 19.3 Å². The summed E-state index contributed by atoms with van der Waals surface area (Å²) in [6.07, 6.45) is 3.50. The molecule has 0 saturated carbocycles. The third-order valence-electron chi connectivity index (χ3n) is 4.16. The fourth-order valence-corrected chi connectivity index (χ4v) is 2.69. The zero-order valence-corrected chi connectivity index (χ0v) is 14.0. The van der Waals surface area contributed by atoms with E-state index >= 15 is 0 Å². The van der Waals surface area contributed by atoms with Crippen LogP contribution < -0.4 is 0 Å². The van der Waals surface area contributed by atoms with E-state index in [9.17, 15) is 4.79 Å². The number of piperidine rings is 1. The Morgan fingerprint density at radius 2 is 2.18 bits per heavy atom. The van der Waals surface area contributed by atoms with Crippen molar-refractivity contribution in [2.24, 2.45) is 0 Å². The molecular formula is C16H27N3O3. The molecule has 1 aromatic rings. The molecule has 1 aromatic heterocycles. The standard InChI is InChI=1S/C16H27N3O3/c1-5-21-16(20)18(4)13-6-8-19(9-7-13)11-15-17-10-14(22-15)12(2)3/h10,12-13H,5-9,11H2,1-4H3. The molecule has 6 heteroatoms. The molecule has 1 saturated heterocycles. The summed E-state index contributed by atoms with van der Waals surface area (Å²) >= 11 is 0. The Hall–Kier alpha value is -1.56. The predicted molar refractivity (Wildman–Crippen MR) is 83.7 cm³/mol. The van der Waals surface area contributed by atoms with Crippen LogP contribution in [0.4, 0.5) is 4.79 Å². The van der Waals surface area contributed by atoms with Gasteiger partial charge in [-0.2, -0.15) is 0 Å². The van der Waals surface area contributed by atoms with Gasteiger partial charge in [0.1, 0.15) is 5.76 Å². The van der Waals surface area contributed by atoms with Crippen molar-refractivity contribution in [2.45, 2.75) is 52.1 Å². The average Bonchev–Trinajstić information content (AvgIpc) is 2.96. The molecule has 22 heavy (non-hydrogen) atoms. The average molecular weight is 309 g/mol. The number of likely N-dealkylation sites (tertiary alicyclic amines) is 1. The molecule has 0 aromatic carbocycles. The van der Waals surface area contributed by atoms with Crippen molar-refractivity contribution in [3.63, 3.8) is 0 Å². The summed E-state index contributed by atoms with van der Waals surface area (Å²) in [6, 6.07) is 0.256. The van der Waals surface area contributed by atoms with Gasteiger partial charge in [0.15, 0.2) is 0 Å². The number of hydrogen-bond acceptors (Lipinski definition) is 5. The van der Waals surface area contributed by atoms with Gasteiger partial charge < -0.3 is 14.1 Å². The lowest BCUT2D eigenvalue weighted by molar-refractivity contribution is 0.0770. The molecule has 0 radical (unpaired) electrons. The first-order valence-corrected chi connectivity index (χ1v) is 8.07. The number of carbonyl (C=O) groups is 1. The number of amides is 1. The van der Waals surface area contributed by atoms with E-state index in [0.29, 0.717) is 12.5 Å². The molecule has 6 nitrogen and oxygen atoms in total. The number of hydrogen-bond donors (Lipinski definition) is 0. The first-order valence-electron chi connectivity index (χ1n) is 8.07. The van der Waals surface area contributed by atoms with E-state index in [1.165, 1.54) is 0 Å². The highest BCUT2D eigenvalue weighted by Gasteiger charge is 2.26. The predicted octanol–water partition coefficient (Wildman–Crippen LogP) is 2.85. The maximum Gasteiger partial charge on any atom is 0.409 e. The molecule has 1 fully saturated rings. The number of aromatic nitrogens is 1. The van der Waals surface area contributed by atoms with Crippen LogP contribution in [-0.4, -0.2) is 53.7 Å². The molecule has 2 rings (SSSR count). The summed E-state index contributed by atoms with van der Waals surface area (Å²) in [4.78, 5) is 20.1. The van der Waals surface area contributed by atoms with Crippen molar-refractivity contribution in [3.8, 4) is 0 Å². The molecule has 0 atom stereocenters. The Labute approximate surface area is 132 Å². The van der Waals surface area contributed by atoms with Crippen molar-refractivity contribution in [2.75, 3.05) is 26.7 Å². The highest BCUT2D eigenvalue weighted by molar-refractivity contribution is 5.67. The lowest BCUT2D eigenvalue weighted by Gasteiger charge is -2.35. The minimum atomic E-state index is -0.227. The Kier molecular flexibility index (Phi) is 5.83. The van der Waals surface area contributed by atoms with Crippen LogP contribution in [0.2, 0.25) is 0 Å². The van der Waals surface area contributed by atoms with Crippen molar-refractivity contribution >= 4 is 6.09 Å². The summed E-state index contributed by atoms with van der Waals surface area (Å²) in [5.41, 5.74) is 0. The second-order valence-electron chi connectivity index (χ2n) is 6.13. The lowest BCUT2D eigenvalue weighted by Crippen LogP contribution is -2.45. The first kappa shape index (κ1) is 16.8. The van der Waals surface area contributed by atoms with Crippen LogP contribution in [0.3, 0.4) is 0 Å². The van der Waals surface area contributed by atoms with E-state index in [2.05, 4.69) is 23.7 Å². The number of nitrogens with zero attached hydrogens (tertiary/aromatic N) is 3. The van der Waals surface area contributed by atoms with Gasteiger partial charge in [-0.1, -0.05) is 13.8 Å². The summed E-state index contributed by atoms with van der Waals surface area (Å²) in [7, 11) is 1.82. The Morgan fingerprint density at radius 1 is 1.50 bits per heavy atom. The minimum absolute atomic E-state index is 0.227. The van der Waals surface area contributed by atoms with E-state index in [-0.39, 0.29) is 12.1 Å². The monoisotopic (exact) mass is 309 g/mol. The lowest BCUT2D eigenvalue weighted by atomic mass is 10.0. The Morgan fingerprint density at radius 3 is 2.73 bits per heavy atom. The van der Waals surface area contributed by atoms with Gasteiger partial charge in [-0.3, -0.25) is 4.90 Å². The number of ether oxygens (including phenoxy) is 1. The van der Waals surface area contributed by atoms with Crippen LogP contribution in [-0.2, 0) is 11.3 Å². The van der Waals surface area contributed by atoms with Gasteiger partial charge >= 0.3 is 6.09 Å². The van der Waals surface area contributed by atoms with Gasteiger partial charge in [0.2, 0.25) is 5.89 Å². The van der Waals surface area contributed by atoms with E-state index in [1.54, 1.807) is 4.90 Å². The van der Waals surface area contributed by atoms with Crippen LogP contribution >= 0.6 is 0 Å². The van der Waals surface area contributed by atoms with E-state index < -0.39 is 0 Å². The topological polar surface area (TPSA) is 58.8 Å². The summed E-state index contributed by atoms with van der Waals surface area (Å²) in [5.74, 6) is 2.08. The van der Waals surface area contributed by atoms with Crippen molar-refractivity contribution in [1.82, 2.24) is 14.8 Å². The van der Waals surface area contributed by atoms with Gasteiger partial charge in [-0.25, -0.2) is 9.78 Å². The van der Waals surface area contributed by atoms with Crippen LogP contribution in [0.15, 0.2) is 10.6 Å². The van der Waals surface area contributed by atoms with Crippen molar-refractivity contribution in [3.05, 3.63) is 17.8 Å². The summed E-state index contributed by atoms with van der Waals surface area (Å²) < 4.78 is 10.8. The SMILES string of the molecule is CCOC(=O)N(C)C1CCN(Cc2ncc(C(C)C)o2)CC1. The van der Waals surface area contributed by atoms with E-state index in [4.69, 9.17) is 9.15 Å².